The van der Waals surface area contributed by atoms with Crippen molar-refractivity contribution in [1.82, 2.24) is 25.3 Å². The lowest BCUT2D eigenvalue weighted by molar-refractivity contribution is 0.220. The highest BCUT2D eigenvalue weighted by atomic mass is 16.2. The van der Waals surface area contributed by atoms with E-state index in [1.807, 2.05) is 37.3 Å². The number of carbonyl (C=O) groups excluding carboxylic acids is 1. The first kappa shape index (κ1) is 17.8. The maximum atomic E-state index is 12.6. The average Bonchev–Trinajstić information content (AvgIpc) is 3.04. The monoisotopic (exact) mass is 352 g/mol. The molecule has 7 heteroatoms. The van der Waals surface area contributed by atoms with Gasteiger partial charge in [-0.2, -0.15) is 15.3 Å². The first-order chi connectivity index (χ1) is 12.2. The Morgan fingerprint density at radius 2 is 2.00 bits per heavy atom. The van der Waals surface area contributed by atoms with E-state index in [9.17, 15) is 4.79 Å². The molecule has 0 spiro atoms. The number of fused-ring (bicyclic) bond motifs is 1. The van der Waals surface area contributed by atoms with Crippen LogP contribution < -0.4 is 5.32 Å². The standard InChI is InChI=1S/C19H24N6O/c1-12-9-14-15(7-6-8-16(14)23-21-12)20-18(26)25(5)11-13-10-17(24-22-13)19(2,3)4/h6-10H,11H2,1-5H3,(H,20,26)(H,22,24). The van der Waals surface area contributed by atoms with Crippen molar-refractivity contribution in [2.45, 2.75) is 39.7 Å². The summed E-state index contributed by atoms with van der Waals surface area (Å²) in [5.74, 6) is 0. The quantitative estimate of drug-likeness (QED) is 0.754. The smallest absolute Gasteiger partial charge is 0.321 e. The van der Waals surface area contributed by atoms with Crippen LogP contribution in [-0.2, 0) is 12.0 Å². The average molecular weight is 352 g/mol. The number of aromatic nitrogens is 4. The van der Waals surface area contributed by atoms with E-state index < -0.39 is 0 Å². The van der Waals surface area contributed by atoms with Crippen LogP contribution in [0.3, 0.4) is 0 Å². The Labute approximate surface area is 152 Å². The van der Waals surface area contributed by atoms with E-state index in [2.05, 4.69) is 46.5 Å². The third-order valence-corrected chi connectivity index (χ3v) is 4.15. The predicted octanol–water partition coefficient (Wildman–Crippen LogP) is 3.62. The van der Waals surface area contributed by atoms with Gasteiger partial charge in [0.05, 0.1) is 34.8 Å². The van der Waals surface area contributed by atoms with Gasteiger partial charge in [0.15, 0.2) is 0 Å². The lowest BCUT2D eigenvalue weighted by atomic mass is 9.92. The maximum Gasteiger partial charge on any atom is 0.321 e. The summed E-state index contributed by atoms with van der Waals surface area (Å²) in [4.78, 5) is 14.2. The van der Waals surface area contributed by atoms with E-state index in [0.717, 1.165) is 33.7 Å². The van der Waals surface area contributed by atoms with Gasteiger partial charge in [0, 0.05) is 17.8 Å². The molecule has 0 saturated carbocycles. The molecule has 0 unspecified atom stereocenters. The molecular weight excluding hydrogens is 328 g/mol. The summed E-state index contributed by atoms with van der Waals surface area (Å²) in [6.07, 6.45) is 0. The molecule has 7 nitrogen and oxygen atoms in total. The molecule has 0 aliphatic heterocycles. The van der Waals surface area contributed by atoms with Gasteiger partial charge in [-0.25, -0.2) is 4.79 Å². The molecule has 26 heavy (non-hydrogen) atoms. The van der Waals surface area contributed by atoms with Crippen molar-refractivity contribution in [3.05, 3.63) is 47.4 Å². The second kappa shape index (κ2) is 6.74. The molecule has 3 aromatic rings. The van der Waals surface area contributed by atoms with Crippen molar-refractivity contribution in [3.8, 4) is 0 Å². The zero-order valence-corrected chi connectivity index (χ0v) is 15.8. The summed E-state index contributed by atoms with van der Waals surface area (Å²) in [6.45, 7) is 8.64. The number of rotatable bonds is 3. The van der Waals surface area contributed by atoms with Crippen molar-refractivity contribution in [2.75, 3.05) is 12.4 Å². The fourth-order valence-corrected chi connectivity index (χ4v) is 2.64. The first-order valence-electron chi connectivity index (χ1n) is 8.54. The molecule has 0 saturated heterocycles. The molecule has 136 valence electrons. The van der Waals surface area contributed by atoms with Crippen molar-refractivity contribution in [3.63, 3.8) is 0 Å². The molecule has 2 N–H and O–H groups in total. The van der Waals surface area contributed by atoms with E-state index in [0.29, 0.717) is 6.54 Å². The van der Waals surface area contributed by atoms with E-state index in [4.69, 9.17) is 0 Å². The highest BCUT2D eigenvalue weighted by Gasteiger charge is 2.19. The maximum absolute atomic E-state index is 12.6. The number of hydrogen-bond donors (Lipinski definition) is 2. The number of H-pyrrole nitrogens is 1. The second-order valence-corrected chi connectivity index (χ2v) is 7.54. The third kappa shape index (κ3) is 3.82. The summed E-state index contributed by atoms with van der Waals surface area (Å²) in [6, 6.07) is 9.32. The van der Waals surface area contributed by atoms with Gasteiger partial charge < -0.3 is 10.2 Å². The summed E-state index contributed by atoms with van der Waals surface area (Å²) < 4.78 is 0. The molecule has 0 aliphatic carbocycles. The van der Waals surface area contributed by atoms with Crippen molar-refractivity contribution in [2.24, 2.45) is 0 Å². The van der Waals surface area contributed by atoms with Crippen LogP contribution in [0.1, 0.15) is 37.9 Å². The summed E-state index contributed by atoms with van der Waals surface area (Å²) in [7, 11) is 1.75. The number of anilines is 1. The van der Waals surface area contributed by atoms with Crippen LogP contribution >= 0.6 is 0 Å². The fraction of sp³-hybridized carbons (Fsp3) is 0.368. The van der Waals surface area contributed by atoms with E-state index >= 15 is 0 Å². The Balaban J connectivity index is 1.74. The number of nitrogens with one attached hydrogen (secondary N) is 2. The second-order valence-electron chi connectivity index (χ2n) is 7.54. The van der Waals surface area contributed by atoms with Gasteiger partial charge in [-0.1, -0.05) is 26.8 Å². The molecule has 3 rings (SSSR count). The highest BCUT2D eigenvalue weighted by Crippen LogP contribution is 2.23. The third-order valence-electron chi connectivity index (χ3n) is 4.15. The first-order valence-corrected chi connectivity index (χ1v) is 8.54. The Hall–Kier alpha value is -2.96. The Morgan fingerprint density at radius 3 is 2.69 bits per heavy atom. The SMILES string of the molecule is Cc1cc2c(NC(=O)N(C)Cc3cc(C(C)(C)C)n[nH]3)cccc2nn1. The topological polar surface area (TPSA) is 86.8 Å². The van der Waals surface area contributed by atoms with Crippen LogP contribution in [0.4, 0.5) is 10.5 Å². The molecular formula is C19H24N6O. The normalized spacial score (nSPS) is 11.6. The Bertz CT molecular complexity index is 941. The van der Waals surface area contributed by atoms with Crippen LogP contribution in [0.2, 0.25) is 0 Å². The number of amides is 2. The van der Waals surface area contributed by atoms with Crippen LogP contribution in [-0.4, -0.2) is 38.4 Å². The van der Waals surface area contributed by atoms with Crippen LogP contribution in [0.15, 0.2) is 30.3 Å². The molecule has 2 aromatic heterocycles. The van der Waals surface area contributed by atoms with Gasteiger partial charge in [-0.05, 0) is 31.2 Å². The van der Waals surface area contributed by atoms with Gasteiger partial charge in [0.2, 0.25) is 0 Å². The minimum Gasteiger partial charge on any atom is -0.322 e. The van der Waals surface area contributed by atoms with Crippen LogP contribution in [0, 0.1) is 6.92 Å². The van der Waals surface area contributed by atoms with Crippen molar-refractivity contribution >= 4 is 22.6 Å². The Kier molecular flexibility index (Phi) is 4.63. The van der Waals surface area contributed by atoms with Crippen molar-refractivity contribution < 1.29 is 4.79 Å². The van der Waals surface area contributed by atoms with Gasteiger partial charge in [0.25, 0.3) is 0 Å². The van der Waals surface area contributed by atoms with Crippen LogP contribution in [0.5, 0.6) is 0 Å². The van der Waals surface area contributed by atoms with E-state index in [-0.39, 0.29) is 11.4 Å². The van der Waals surface area contributed by atoms with Crippen LogP contribution in [0.25, 0.3) is 10.9 Å². The summed E-state index contributed by atoms with van der Waals surface area (Å²) in [5, 5.41) is 19.4. The molecule has 0 atom stereocenters. The van der Waals surface area contributed by atoms with Gasteiger partial charge in [0.1, 0.15) is 0 Å². The molecule has 2 amide bonds. The number of carbonyl (C=O) groups is 1. The largest absolute Gasteiger partial charge is 0.322 e. The van der Waals surface area contributed by atoms with E-state index in [1.54, 1.807) is 11.9 Å². The van der Waals surface area contributed by atoms with Gasteiger partial charge >= 0.3 is 6.03 Å². The molecule has 0 radical (unpaired) electrons. The zero-order chi connectivity index (χ0) is 18.9. The number of aryl methyl sites for hydroxylation is 1. The lowest BCUT2D eigenvalue weighted by Gasteiger charge is -2.18. The predicted molar refractivity (Wildman–Crippen MR) is 102 cm³/mol. The van der Waals surface area contributed by atoms with Gasteiger partial charge in [-0.15, -0.1) is 0 Å². The molecule has 1 aromatic carbocycles. The number of aromatic amines is 1. The molecule has 0 bridgehead atoms. The molecule has 0 aliphatic rings. The zero-order valence-electron chi connectivity index (χ0n) is 15.8. The lowest BCUT2D eigenvalue weighted by Crippen LogP contribution is -2.31. The van der Waals surface area contributed by atoms with Crippen molar-refractivity contribution in [1.29, 1.82) is 0 Å². The molecule has 0 fully saturated rings. The minimum absolute atomic E-state index is 0.0303. The Morgan fingerprint density at radius 1 is 1.23 bits per heavy atom. The van der Waals surface area contributed by atoms with Gasteiger partial charge in [-0.3, -0.25) is 5.10 Å². The number of benzene rings is 1. The summed E-state index contributed by atoms with van der Waals surface area (Å²) >= 11 is 0. The number of hydrogen-bond acceptors (Lipinski definition) is 4. The summed E-state index contributed by atoms with van der Waals surface area (Å²) in [5.41, 5.74) is 4.12. The van der Waals surface area contributed by atoms with E-state index in [1.165, 1.54) is 0 Å². The highest BCUT2D eigenvalue weighted by molar-refractivity contribution is 6.00. The number of nitrogens with zero attached hydrogens (tertiary/aromatic N) is 4. The number of urea groups is 1. The minimum atomic E-state index is -0.195. The fourth-order valence-electron chi connectivity index (χ4n) is 2.64. The molecule has 2 heterocycles.